The van der Waals surface area contributed by atoms with Crippen LogP contribution in [0.15, 0.2) is 35.7 Å². The molecule has 2 N–H and O–H groups in total. The lowest BCUT2D eigenvalue weighted by Gasteiger charge is -2.12. The van der Waals surface area contributed by atoms with E-state index in [-0.39, 0.29) is 11.8 Å². The van der Waals surface area contributed by atoms with E-state index in [9.17, 15) is 4.79 Å². The summed E-state index contributed by atoms with van der Waals surface area (Å²) in [6.45, 7) is 0. The number of methoxy groups -OCH3 is 1. The van der Waals surface area contributed by atoms with Crippen molar-refractivity contribution in [3.05, 3.63) is 52.0 Å². The highest BCUT2D eigenvalue weighted by Crippen LogP contribution is 2.27. The number of amides is 1. The second-order valence-corrected chi connectivity index (χ2v) is 4.35. The second-order valence-electron chi connectivity index (χ2n) is 3.46. The van der Waals surface area contributed by atoms with Gasteiger partial charge in [0.25, 0.3) is 5.91 Å². The van der Waals surface area contributed by atoms with Crippen molar-refractivity contribution in [2.24, 2.45) is 5.73 Å². The van der Waals surface area contributed by atoms with Gasteiger partial charge in [0, 0.05) is 12.5 Å². The number of ether oxygens (including phenoxy) is 1. The van der Waals surface area contributed by atoms with Crippen LogP contribution in [0.3, 0.4) is 0 Å². The largest absolute Gasteiger partial charge is 0.370 e. The molecule has 88 valence electrons. The van der Waals surface area contributed by atoms with Crippen LogP contribution in [-0.2, 0) is 4.74 Å². The van der Waals surface area contributed by atoms with Gasteiger partial charge in [0.05, 0.1) is 0 Å². The Bertz CT molecular complexity index is 510. The molecule has 1 atom stereocenters. The minimum Gasteiger partial charge on any atom is -0.370 e. The zero-order valence-electron chi connectivity index (χ0n) is 9.29. The smallest absolute Gasteiger partial charge is 0.268 e. The van der Waals surface area contributed by atoms with Crippen molar-refractivity contribution in [3.63, 3.8) is 0 Å². The van der Waals surface area contributed by atoms with Gasteiger partial charge in [-0.3, -0.25) is 4.79 Å². The average molecular weight is 248 g/mol. The molecule has 1 aromatic heterocycles. The Morgan fingerprint density at radius 2 is 2.12 bits per heavy atom. The zero-order chi connectivity index (χ0) is 12.3. The normalized spacial score (nSPS) is 12.3. The monoisotopic (exact) mass is 248 g/mol. The number of carbonyl (C=O) groups is 1. The summed E-state index contributed by atoms with van der Waals surface area (Å²) < 4.78 is 5.41. The highest BCUT2D eigenvalue weighted by Gasteiger charge is 2.18. The summed E-state index contributed by atoms with van der Waals surface area (Å²) in [5, 5.41) is 2.37. The quantitative estimate of drug-likeness (QED) is 0.899. The third-order valence-electron chi connectivity index (χ3n) is 2.34. The molecule has 0 aliphatic heterocycles. The van der Waals surface area contributed by atoms with Crippen molar-refractivity contribution in [1.29, 1.82) is 0 Å². The lowest BCUT2D eigenvalue weighted by molar-refractivity contribution is 0.0994. The fraction of sp³-hybridized carbons (Fsp3) is 0.167. The van der Waals surface area contributed by atoms with E-state index in [0.29, 0.717) is 0 Å². The lowest BCUT2D eigenvalue weighted by Crippen LogP contribution is -2.12. The predicted octanol–water partition coefficient (Wildman–Crippen LogP) is 1.98. The Morgan fingerprint density at radius 1 is 1.41 bits per heavy atom. The van der Waals surface area contributed by atoms with E-state index in [1.54, 1.807) is 12.5 Å². The van der Waals surface area contributed by atoms with Crippen LogP contribution in [0.2, 0.25) is 0 Å². The summed E-state index contributed by atoms with van der Waals surface area (Å²) in [6.07, 6.45) is -0.255. The van der Waals surface area contributed by atoms with Gasteiger partial charge < -0.3 is 10.5 Å². The molecule has 0 fully saturated rings. The topological polar surface area (TPSA) is 65.2 Å². The Morgan fingerprint density at radius 3 is 2.65 bits per heavy atom. The number of hydrogen-bond acceptors (Lipinski definition) is 4. The number of primary amides is 1. The van der Waals surface area contributed by atoms with Gasteiger partial charge in [0.2, 0.25) is 0 Å². The molecule has 0 spiro atoms. The average Bonchev–Trinajstić information content (AvgIpc) is 2.81. The molecule has 0 bridgehead atoms. The van der Waals surface area contributed by atoms with Gasteiger partial charge in [-0.05, 0) is 5.56 Å². The van der Waals surface area contributed by atoms with E-state index < -0.39 is 5.91 Å². The summed E-state index contributed by atoms with van der Waals surface area (Å²) >= 11 is 1.37. The first-order valence-corrected chi connectivity index (χ1v) is 5.93. The zero-order valence-corrected chi connectivity index (χ0v) is 10.1. The van der Waals surface area contributed by atoms with Gasteiger partial charge in [0.15, 0.2) is 0 Å². The molecule has 0 aliphatic rings. The molecular weight excluding hydrogens is 236 g/mol. The summed E-state index contributed by atoms with van der Waals surface area (Å²) in [5.41, 5.74) is 6.45. The third kappa shape index (κ3) is 2.51. The first kappa shape index (κ1) is 11.8. The molecule has 4 nitrogen and oxygen atoms in total. The van der Waals surface area contributed by atoms with Crippen LogP contribution in [0.5, 0.6) is 0 Å². The molecule has 1 aromatic carbocycles. The SMILES string of the molecule is COC(c1ccccc1)c1nc(C(N)=O)cs1. The molecule has 0 radical (unpaired) electrons. The predicted molar refractivity (Wildman–Crippen MR) is 65.9 cm³/mol. The number of aromatic nitrogens is 1. The number of nitrogens with two attached hydrogens (primary N) is 1. The van der Waals surface area contributed by atoms with Crippen LogP contribution in [0, 0.1) is 0 Å². The Labute approximate surface area is 103 Å². The van der Waals surface area contributed by atoms with Gasteiger partial charge in [-0.15, -0.1) is 11.3 Å². The third-order valence-corrected chi connectivity index (χ3v) is 3.22. The van der Waals surface area contributed by atoms with Crippen molar-refractivity contribution in [2.75, 3.05) is 7.11 Å². The maximum atomic E-state index is 11.0. The molecule has 0 aliphatic carbocycles. The number of benzene rings is 1. The fourth-order valence-corrected chi connectivity index (χ4v) is 2.44. The lowest BCUT2D eigenvalue weighted by atomic mass is 10.1. The first-order valence-electron chi connectivity index (χ1n) is 5.05. The molecule has 5 heteroatoms. The molecule has 1 unspecified atom stereocenters. The van der Waals surface area contributed by atoms with Crippen LogP contribution in [0.1, 0.15) is 27.2 Å². The summed E-state index contributed by atoms with van der Waals surface area (Å²) in [4.78, 5) is 15.2. The Hall–Kier alpha value is -1.72. The van der Waals surface area contributed by atoms with Gasteiger partial charge in [-0.25, -0.2) is 4.98 Å². The van der Waals surface area contributed by atoms with Crippen LogP contribution in [-0.4, -0.2) is 18.0 Å². The number of carbonyl (C=O) groups excluding carboxylic acids is 1. The number of thiazole rings is 1. The minimum absolute atomic E-state index is 0.255. The van der Waals surface area contributed by atoms with E-state index in [1.807, 2.05) is 30.3 Å². The van der Waals surface area contributed by atoms with E-state index >= 15 is 0 Å². The second kappa shape index (κ2) is 5.07. The number of nitrogens with zero attached hydrogens (tertiary/aromatic N) is 1. The van der Waals surface area contributed by atoms with Gasteiger partial charge >= 0.3 is 0 Å². The standard InChI is InChI=1S/C12H12N2O2S/c1-16-10(8-5-3-2-4-6-8)12-14-9(7-17-12)11(13)15/h2-7,10H,1H3,(H2,13,15). The van der Waals surface area contributed by atoms with E-state index in [1.165, 1.54) is 11.3 Å². The van der Waals surface area contributed by atoms with Crippen molar-refractivity contribution >= 4 is 17.2 Å². The van der Waals surface area contributed by atoms with Gasteiger partial charge in [-0.2, -0.15) is 0 Å². The van der Waals surface area contributed by atoms with Crippen molar-refractivity contribution in [2.45, 2.75) is 6.10 Å². The number of hydrogen-bond donors (Lipinski definition) is 1. The van der Waals surface area contributed by atoms with Crippen molar-refractivity contribution in [1.82, 2.24) is 4.98 Å². The molecule has 2 rings (SSSR count). The van der Waals surface area contributed by atoms with Gasteiger partial charge in [-0.1, -0.05) is 30.3 Å². The van der Waals surface area contributed by atoms with E-state index in [0.717, 1.165) is 10.6 Å². The van der Waals surface area contributed by atoms with Crippen LogP contribution >= 0.6 is 11.3 Å². The number of rotatable bonds is 4. The molecule has 0 saturated heterocycles. The molecule has 0 saturated carbocycles. The van der Waals surface area contributed by atoms with Crippen LogP contribution in [0.4, 0.5) is 0 Å². The van der Waals surface area contributed by atoms with E-state index in [2.05, 4.69) is 4.98 Å². The maximum absolute atomic E-state index is 11.0. The van der Waals surface area contributed by atoms with Crippen molar-refractivity contribution < 1.29 is 9.53 Å². The molecule has 17 heavy (non-hydrogen) atoms. The highest BCUT2D eigenvalue weighted by molar-refractivity contribution is 7.09. The van der Waals surface area contributed by atoms with E-state index in [4.69, 9.17) is 10.5 Å². The molecule has 1 amide bonds. The molecular formula is C12H12N2O2S. The van der Waals surface area contributed by atoms with Crippen LogP contribution < -0.4 is 5.73 Å². The summed E-state index contributed by atoms with van der Waals surface area (Å²) in [7, 11) is 1.61. The Kier molecular flexibility index (Phi) is 3.51. The maximum Gasteiger partial charge on any atom is 0.268 e. The fourth-order valence-electron chi connectivity index (χ4n) is 1.53. The Balaban J connectivity index is 2.32. The van der Waals surface area contributed by atoms with Gasteiger partial charge in [0.1, 0.15) is 16.8 Å². The van der Waals surface area contributed by atoms with Crippen molar-refractivity contribution in [3.8, 4) is 0 Å². The van der Waals surface area contributed by atoms with Crippen LogP contribution in [0.25, 0.3) is 0 Å². The molecule has 1 heterocycles. The molecule has 2 aromatic rings. The summed E-state index contributed by atoms with van der Waals surface area (Å²) in [5.74, 6) is -0.518. The first-order chi connectivity index (χ1) is 8.22. The summed E-state index contributed by atoms with van der Waals surface area (Å²) in [6, 6.07) is 9.72. The minimum atomic E-state index is -0.518. The highest BCUT2D eigenvalue weighted by atomic mass is 32.1.